The van der Waals surface area contributed by atoms with Gasteiger partial charge < -0.3 is 14.9 Å². The van der Waals surface area contributed by atoms with Gasteiger partial charge in [-0.3, -0.25) is 0 Å². The second-order valence-corrected chi connectivity index (χ2v) is 5.05. The zero-order valence-electron chi connectivity index (χ0n) is 11.8. The third-order valence-corrected chi connectivity index (χ3v) is 3.59. The molecule has 1 fully saturated rings. The van der Waals surface area contributed by atoms with Crippen LogP contribution in [-0.2, 0) is 0 Å². The molecule has 1 aliphatic rings. The van der Waals surface area contributed by atoms with Gasteiger partial charge in [0.25, 0.3) is 0 Å². The van der Waals surface area contributed by atoms with E-state index in [0.29, 0.717) is 13.1 Å². The van der Waals surface area contributed by atoms with E-state index in [9.17, 15) is 9.59 Å². The summed E-state index contributed by atoms with van der Waals surface area (Å²) >= 11 is 0. The number of hydrogen-bond donors (Lipinski definition) is 1. The van der Waals surface area contributed by atoms with Gasteiger partial charge in [-0.2, -0.15) is 5.26 Å². The molecule has 9 nitrogen and oxygen atoms in total. The molecule has 2 amide bonds. The number of carboxylic acid groups (broad SMARTS) is 1. The number of carbonyl (C=O) groups is 2. The molecule has 9 heteroatoms. The Morgan fingerprint density at radius 3 is 2.81 bits per heavy atom. The number of rotatable bonds is 4. The maximum absolute atomic E-state index is 12.1. The van der Waals surface area contributed by atoms with Crippen LogP contribution in [-0.4, -0.2) is 68.1 Å². The standard InChI is InChI=1S/C12H16N6O3/c1-8(3-4-13)16(2)12(21)17-5-9(6-17)18-7-10(11(19)20)14-15-18/h7-9H,3,5-6H2,1-2H3,(H,19,20). The second-order valence-electron chi connectivity index (χ2n) is 5.05. The number of aromatic nitrogens is 3. The lowest BCUT2D eigenvalue weighted by atomic mass is 10.1. The van der Waals surface area contributed by atoms with Gasteiger partial charge in [-0.05, 0) is 6.92 Å². The van der Waals surface area contributed by atoms with Crippen molar-refractivity contribution in [2.75, 3.05) is 20.1 Å². The first kappa shape index (κ1) is 14.8. The molecule has 0 bridgehead atoms. The summed E-state index contributed by atoms with van der Waals surface area (Å²) in [4.78, 5) is 26.0. The Bertz CT molecular complexity index is 586. The first-order valence-corrected chi connectivity index (χ1v) is 6.47. The van der Waals surface area contributed by atoms with Crippen LogP contribution in [0.25, 0.3) is 0 Å². The topological polar surface area (TPSA) is 115 Å². The molecule has 0 radical (unpaired) electrons. The minimum absolute atomic E-state index is 0.0609. The molecule has 0 saturated carbocycles. The van der Waals surface area contributed by atoms with Crippen molar-refractivity contribution in [2.45, 2.75) is 25.4 Å². The normalized spacial score (nSPS) is 16.0. The van der Waals surface area contributed by atoms with Crippen LogP contribution in [0.2, 0.25) is 0 Å². The van der Waals surface area contributed by atoms with Gasteiger partial charge in [-0.25, -0.2) is 14.3 Å². The third-order valence-electron chi connectivity index (χ3n) is 3.59. The first-order valence-electron chi connectivity index (χ1n) is 6.47. The van der Waals surface area contributed by atoms with Gasteiger partial charge >= 0.3 is 12.0 Å². The highest BCUT2D eigenvalue weighted by Crippen LogP contribution is 2.22. The van der Waals surface area contributed by atoms with Crippen LogP contribution in [0.4, 0.5) is 4.79 Å². The van der Waals surface area contributed by atoms with Crippen molar-refractivity contribution in [2.24, 2.45) is 0 Å². The smallest absolute Gasteiger partial charge is 0.358 e. The SMILES string of the molecule is CC(CC#N)N(C)C(=O)N1CC(n2cc(C(=O)O)nn2)C1. The highest BCUT2D eigenvalue weighted by atomic mass is 16.4. The number of carboxylic acids is 1. The fraction of sp³-hybridized carbons (Fsp3) is 0.583. The fourth-order valence-corrected chi connectivity index (χ4v) is 2.01. The minimum Gasteiger partial charge on any atom is -0.476 e. The van der Waals surface area contributed by atoms with E-state index in [4.69, 9.17) is 10.4 Å². The molecule has 1 aliphatic heterocycles. The maximum atomic E-state index is 12.1. The Kier molecular flexibility index (Phi) is 4.07. The van der Waals surface area contributed by atoms with E-state index in [0.717, 1.165) is 0 Å². The quantitative estimate of drug-likeness (QED) is 0.846. The Balaban J connectivity index is 1.89. The number of carbonyl (C=O) groups excluding carboxylic acids is 1. The summed E-state index contributed by atoms with van der Waals surface area (Å²) in [7, 11) is 1.66. The number of amides is 2. The Morgan fingerprint density at radius 2 is 2.29 bits per heavy atom. The van der Waals surface area contributed by atoms with Gasteiger partial charge in [-0.15, -0.1) is 5.10 Å². The molecule has 1 aromatic heterocycles. The highest BCUT2D eigenvalue weighted by Gasteiger charge is 2.35. The average molecular weight is 292 g/mol. The number of nitrogens with zero attached hydrogens (tertiary/aromatic N) is 6. The van der Waals surface area contributed by atoms with E-state index < -0.39 is 5.97 Å². The lowest BCUT2D eigenvalue weighted by Gasteiger charge is -2.41. The predicted octanol–water partition coefficient (Wildman–Crippen LogP) is 0.187. The van der Waals surface area contributed by atoms with Crippen molar-refractivity contribution in [3.05, 3.63) is 11.9 Å². The van der Waals surface area contributed by atoms with Crippen LogP contribution in [0.5, 0.6) is 0 Å². The van der Waals surface area contributed by atoms with Crippen LogP contribution in [0, 0.1) is 11.3 Å². The molecular weight excluding hydrogens is 276 g/mol. The van der Waals surface area contributed by atoms with E-state index in [1.807, 2.05) is 13.0 Å². The molecule has 0 aromatic carbocycles. The summed E-state index contributed by atoms with van der Waals surface area (Å²) in [6.07, 6.45) is 1.64. The van der Waals surface area contributed by atoms with Crippen molar-refractivity contribution in [1.29, 1.82) is 5.26 Å². The number of aromatic carboxylic acids is 1. The van der Waals surface area contributed by atoms with Gasteiger partial charge in [0.1, 0.15) is 0 Å². The van der Waals surface area contributed by atoms with E-state index in [2.05, 4.69) is 10.3 Å². The second kappa shape index (κ2) is 5.78. The molecule has 2 heterocycles. The summed E-state index contributed by atoms with van der Waals surface area (Å²) in [5.41, 5.74) is -0.112. The van der Waals surface area contributed by atoms with Gasteiger partial charge in [0.2, 0.25) is 0 Å². The van der Waals surface area contributed by atoms with Gasteiger partial charge in [0, 0.05) is 26.2 Å². The van der Waals surface area contributed by atoms with Crippen molar-refractivity contribution < 1.29 is 14.7 Å². The van der Waals surface area contributed by atoms with E-state index in [1.165, 1.54) is 15.8 Å². The molecule has 0 aliphatic carbocycles. The van der Waals surface area contributed by atoms with Crippen molar-refractivity contribution >= 4 is 12.0 Å². The zero-order chi connectivity index (χ0) is 15.6. The third kappa shape index (κ3) is 2.94. The number of urea groups is 1. The summed E-state index contributed by atoms with van der Waals surface area (Å²) in [5, 5.41) is 24.7. The highest BCUT2D eigenvalue weighted by molar-refractivity contribution is 5.84. The molecule has 1 N–H and O–H groups in total. The molecule has 1 unspecified atom stereocenters. The monoisotopic (exact) mass is 292 g/mol. The molecule has 1 saturated heterocycles. The van der Waals surface area contributed by atoms with Crippen LogP contribution in [0.3, 0.4) is 0 Å². The maximum Gasteiger partial charge on any atom is 0.358 e. The van der Waals surface area contributed by atoms with E-state index >= 15 is 0 Å². The number of hydrogen-bond acceptors (Lipinski definition) is 5. The van der Waals surface area contributed by atoms with Crippen LogP contribution in [0.15, 0.2) is 6.20 Å². The summed E-state index contributed by atoms with van der Waals surface area (Å²) in [6.45, 7) is 2.71. The van der Waals surface area contributed by atoms with Gasteiger partial charge in [0.15, 0.2) is 5.69 Å². The molecule has 0 spiro atoms. The van der Waals surface area contributed by atoms with Crippen molar-refractivity contribution in [3.63, 3.8) is 0 Å². The van der Waals surface area contributed by atoms with Crippen LogP contribution >= 0.6 is 0 Å². The Morgan fingerprint density at radius 1 is 1.62 bits per heavy atom. The fourth-order valence-electron chi connectivity index (χ4n) is 2.01. The van der Waals surface area contributed by atoms with E-state index in [1.54, 1.807) is 11.9 Å². The van der Waals surface area contributed by atoms with Crippen LogP contribution in [0.1, 0.15) is 29.9 Å². The van der Waals surface area contributed by atoms with Crippen molar-refractivity contribution in [3.8, 4) is 6.07 Å². The molecule has 1 aromatic rings. The van der Waals surface area contributed by atoms with Gasteiger partial charge in [-0.1, -0.05) is 5.21 Å². The molecule has 112 valence electrons. The number of likely N-dealkylation sites (tertiary alicyclic amines) is 1. The summed E-state index contributed by atoms with van der Waals surface area (Å²) in [5.74, 6) is -1.13. The number of nitriles is 1. The summed E-state index contributed by atoms with van der Waals surface area (Å²) in [6, 6.07) is 1.68. The summed E-state index contributed by atoms with van der Waals surface area (Å²) < 4.78 is 1.46. The largest absolute Gasteiger partial charge is 0.476 e. The minimum atomic E-state index is -1.13. The zero-order valence-corrected chi connectivity index (χ0v) is 11.8. The Labute approximate surface area is 121 Å². The molecule has 21 heavy (non-hydrogen) atoms. The van der Waals surface area contributed by atoms with E-state index in [-0.39, 0.29) is 30.2 Å². The molecule has 1 atom stereocenters. The lowest BCUT2D eigenvalue weighted by Crippen LogP contribution is -2.56. The van der Waals surface area contributed by atoms with Crippen molar-refractivity contribution in [1.82, 2.24) is 24.8 Å². The van der Waals surface area contributed by atoms with Crippen LogP contribution < -0.4 is 0 Å². The lowest BCUT2D eigenvalue weighted by molar-refractivity contribution is 0.0689. The first-order chi connectivity index (χ1) is 9.93. The molecule has 2 rings (SSSR count). The Hall–Kier alpha value is -2.63. The molecular formula is C12H16N6O3. The predicted molar refractivity (Wildman–Crippen MR) is 70.4 cm³/mol. The average Bonchev–Trinajstić information content (AvgIpc) is 2.85. The van der Waals surface area contributed by atoms with Gasteiger partial charge in [0.05, 0.1) is 24.7 Å².